The molecule has 3 heterocycles. The number of carbonyl (C=O) groups excluding carboxylic acids is 2. The van der Waals surface area contributed by atoms with Crippen molar-refractivity contribution in [3.8, 4) is 0 Å². The second-order valence-electron chi connectivity index (χ2n) is 6.68. The van der Waals surface area contributed by atoms with E-state index < -0.39 is 11.9 Å². The third kappa shape index (κ3) is 4.84. The molecule has 2 aromatic heterocycles. The van der Waals surface area contributed by atoms with E-state index in [-0.39, 0.29) is 24.8 Å². The first-order chi connectivity index (χ1) is 13.5. The molecule has 0 bridgehead atoms. The molecule has 160 valence electrons. The number of hydrogen-bond donors (Lipinski definition) is 3. The lowest BCUT2D eigenvalue weighted by Gasteiger charge is -2.25. The molecule has 0 aliphatic carbocycles. The molecule has 3 amide bonds. The van der Waals surface area contributed by atoms with E-state index in [2.05, 4.69) is 27.4 Å². The summed E-state index contributed by atoms with van der Waals surface area (Å²) >= 11 is 1.43. The number of benzene rings is 1. The Labute approximate surface area is 190 Å². The molecule has 1 aliphatic heterocycles. The van der Waals surface area contributed by atoms with Crippen molar-refractivity contribution in [3.63, 3.8) is 0 Å². The van der Waals surface area contributed by atoms with Crippen LogP contribution in [0, 0.1) is 0 Å². The molecule has 0 spiro atoms. The van der Waals surface area contributed by atoms with Crippen molar-refractivity contribution in [1.29, 1.82) is 0 Å². The molecule has 1 aromatic carbocycles. The van der Waals surface area contributed by atoms with Crippen molar-refractivity contribution in [2.75, 3.05) is 23.7 Å². The molecule has 0 radical (unpaired) electrons. The van der Waals surface area contributed by atoms with E-state index in [0.717, 1.165) is 47.4 Å². The van der Waals surface area contributed by atoms with Gasteiger partial charge in [0.1, 0.15) is 5.00 Å². The number of hydrogen-bond acceptors (Lipinski definition) is 5. The number of likely N-dealkylation sites (N-methyl/N-ethyl adjacent to an activating group) is 1. The van der Waals surface area contributed by atoms with Crippen molar-refractivity contribution in [2.24, 2.45) is 5.73 Å². The summed E-state index contributed by atoms with van der Waals surface area (Å²) in [4.78, 5) is 32.2. The SMILES string of the molecule is CCN1CCc2c(sc(NC(=O)Nc3ccc4ncccc4c3)c2C(N)=O)C1.Cl.Cl. The molecule has 1 aliphatic rings. The van der Waals surface area contributed by atoms with Gasteiger partial charge in [-0.25, -0.2) is 4.79 Å². The highest BCUT2D eigenvalue weighted by atomic mass is 35.5. The van der Waals surface area contributed by atoms with Crippen LogP contribution in [0.4, 0.5) is 15.5 Å². The zero-order valence-electron chi connectivity index (χ0n) is 16.3. The van der Waals surface area contributed by atoms with Crippen molar-refractivity contribution >= 4 is 69.7 Å². The maximum Gasteiger partial charge on any atom is 0.324 e. The Morgan fingerprint density at radius 1 is 1.23 bits per heavy atom. The van der Waals surface area contributed by atoms with Crippen LogP contribution in [0.15, 0.2) is 36.5 Å². The van der Waals surface area contributed by atoms with Crippen molar-refractivity contribution in [2.45, 2.75) is 19.9 Å². The number of amides is 3. The number of anilines is 2. The van der Waals surface area contributed by atoms with Gasteiger partial charge < -0.3 is 11.1 Å². The van der Waals surface area contributed by atoms with Crippen LogP contribution in [0.5, 0.6) is 0 Å². The van der Waals surface area contributed by atoms with Crippen LogP contribution in [-0.4, -0.2) is 34.9 Å². The highest BCUT2D eigenvalue weighted by Gasteiger charge is 2.27. The smallest absolute Gasteiger partial charge is 0.324 e. The zero-order chi connectivity index (χ0) is 19.7. The third-order valence-corrected chi connectivity index (χ3v) is 6.05. The van der Waals surface area contributed by atoms with Crippen LogP contribution in [-0.2, 0) is 13.0 Å². The number of urea groups is 1. The minimum Gasteiger partial charge on any atom is -0.365 e. The summed E-state index contributed by atoms with van der Waals surface area (Å²) < 4.78 is 0. The fourth-order valence-corrected chi connectivity index (χ4v) is 4.78. The lowest BCUT2D eigenvalue weighted by Crippen LogP contribution is -2.30. The summed E-state index contributed by atoms with van der Waals surface area (Å²) in [5, 5.41) is 7.07. The maximum atomic E-state index is 12.5. The van der Waals surface area contributed by atoms with Gasteiger partial charge in [-0.05, 0) is 42.8 Å². The van der Waals surface area contributed by atoms with Crippen molar-refractivity contribution < 1.29 is 9.59 Å². The fourth-order valence-electron chi connectivity index (χ4n) is 3.49. The molecule has 0 saturated heterocycles. The van der Waals surface area contributed by atoms with Gasteiger partial charge in [0, 0.05) is 35.2 Å². The molecule has 3 aromatic rings. The summed E-state index contributed by atoms with van der Waals surface area (Å²) in [6.45, 7) is 4.72. The highest BCUT2D eigenvalue weighted by molar-refractivity contribution is 7.17. The second-order valence-corrected chi connectivity index (χ2v) is 7.79. The number of nitrogens with zero attached hydrogens (tertiary/aromatic N) is 2. The molecule has 0 fully saturated rings. The first-order valence-corrected chi connectivity index (χ1v) is 9.96. The number of aromatic nitrogens is 1. The second kappa shape index (κ2) is 10.1. The standard InChI is InChI=1S/C20H21N5O2S.2ClH/c1-2-25-9-7-14-16(11-25)28-19(17(14)18(21)26)24-20(27)23-13-5-6-15-12(10-13)4-3-8-22-15;;/h3-6,8,10H,2,7,9,11H2,1H3,(H2,21,26)(H2,23,24,27);2*1H. The number of pyridine rings is 1. The number of thiophene rings is 1. The van der Waals surface area contributed by atoms with Gasteiger partial charge in [-0.3, -0.25) is 20.0 Å². The largest absolute Gasteiger partial charge is 0.365 e. The first kappa shape index (κ1) is 23.9. The highest BCUT2D eigenvalue weighted by Crippen LogP contribution is 2.37. The fraction of sp³-hybridized carbons (Fsp3) is 0.250. The van der Waals surface area contributed by atoms with E-state index >= 15 is 0 Å². The lowest BCUT2D eigenvalue weighted by atomic mass is 10.0. The lowest BCUT2D eigenvalue weighted by molar-refractivity contribution is 0.1000. The summed E-state index contributed by atoms with van der Waals surface area (Å²) in [6.07, 6.45) is 2.49. The minimum atomic E-state index is -0.505. The molecule has 30 heavy (non-hydrogen) atoms. The quantitative estimate of drug-likeness (QED) is 0.533. The van der Waals surface area contributed by atoms with E-state index in [4.69, 9.17) is 5.73 Å². The van der Waals surface area contributed by atoms with E-state index in [1.54, 1.807) is 12.3 Å². The van der Waals surface area contributed by atoms with Gasteiger partial charge in [0.2, 0.25) is 0 Å². The summed E-state index contributed by atoms with van der Waals surface area (Å²) in [5.41, 5.74) is 8.53. The molecule has 0 atom stereocenters. The van der Waals surface area contributed by atoms with Crippen molar-refractivity contribution in [3.05, 3.63) is 52.5 Å². The Balaban J connectivity index is 0.00000160. The van der Waals surface area contributed by atoms with Gasteiger partial charge in [-0.2, -0.15) is 0 Å². The number of carbonyl (C=O) groups is 2. The van der Waals surface area contributed by atoms with Gasteiger partial charge in [0.15, 0.2) is 0 Å². The number of rotatable bonds is 4. The number of fused-ring (bicyclic) bond motifs is 2. The zero-order valence-corrected chi connectivity index (χ0v) is 18.8. The molecule has 10 heteroatoms. The number of primary amides is 1. The average Bonchev–Trinajstić information content (AvgIpc) is 3.04. The van der Waals surface area contributed by atoms with E-state index in [9.17, 15) is 9.59 Å². The van der Waals surface area contributed by atoms with E-state index in [0.29, 0.717) is 16.3 Å². The molecule has 0 saturated carbocycles. The Morgan fingerprint density at radius 3 is 2.77 bits per heavy atom. The topological polar surface area (TPSA) is 100 Å². The Bertz CT molecular complexity index is 1070. The Kier molecular flexibility index (Phi) is 8.03. The van der Waals surface area contributed by atoms with Gasteiger partial charge in [0.25, 0.3) is 5.91 Å². The Morgan fingerprint density at radius 2 is 2.03 bits per heavy atom. The van der Waals surface area contributed by atoms with E-state index in [1.165, 1.54) is 11.3 Å². The normalized spacial score (nSPS) is 13.0. The van der Waals surface area contributed by atoms with Gasteiger partial charge in [-0.1, -0.05) is 13.0 Å². The van der Waals surface area contributed by atoms with E-state index in [1.807, 2.05) is 24.3 Å². The maximum absolute atomic E-state index is 12.5. The molecule has 7 nitrogen and oxygen atoms in total. The monoisotopic (exact) mass is 467 g/mol. The van der Waals surface area contributed by atoms with Crippen LogP contribution in [0.1, 0.15) is 27.7 Å². The average molecular weight is 468 g/mol. The van der Waals surface area contributed by atoms with Crippen LogP contribution >= 0.6 is 36.2 Å². The van der Waals surface area contributed by atoms with Crippen LogP contribution < -0.4 is 16.4 Å². The van der Waals surface area contributed by atoms with Gasteiger partial charge in [0.05, 0.1) is 11.1 Å². The molecule has 0 unspecified atom stereocenters. The predicted molar refractivity (Wildman–Crippen MR) is 126 cm³/mol. The number of nitrogens with two attached hydrogens (primary N) is 1. The number of nitrogens with one attached hydrogen (secondary N) is 2. The van der Waals surface area contributed by atoms with Crippen LogP contribution in [0.3, 0.4) is 0 Å². The molecular formula is C20H23Cl2N5O2S. The minimum absolute atomic E-state index is 0. The summed E-state index contributed by atoms with van der Waals surface area (Å²) in [5.74, 6) is -0.505. The third-order valence-electron chi connectivity index (χ3n) is 4.92. The number of halogens is 2. The first-order valence-electron chi connectivity index (χ1n) is 9.14. The molecule has 4 rings (SSSR count). The van der Waals surface area contributed by atoms with Crippen molar-refractivity contribution in [1.82, 2.24) is 9.88 Å². The summed E-state index contributed by atoms with van der Waals surface area (Å²) in [7, 11) is 0. The van der Waals surface area contributed by atoms with Crippen LogP contribution in [0.25, 0.3) is 10.9 Å². The Hall–Kier alpha value is -2.39. The van der Waals surface area contributed by atoms with Gasteiger partial charge >= 0.3 is 6.03 Å². The van der Waals surface area contributed by atoms with Crippen LogP contribution in [0.2, 0.25) is 0 Å². The molecular weight excluding hydrogens is 445 g/mol. The summed E-state index contributed by atoms with van der Waals surface area (Å²) in [6, 6.07) is 8.88. The molecule has 4 N–H and O–H groups in total. The predicted octanol–water partition coefficient (Wildman–Crippen LogP) is 4.26. The van der Waals surface area contributed by atoms with Gasteiger partial charge in [-0.15, -0.1) is 36.2 Å².